The zero-order valence-corrected chi connectivity index (χ0v) is 15.3. The van der Waals surface area contributed by atoms with Gasteiger partial charge in [-0.05, 0) is 44.8 Å². The molecule has 2 aromatic heterocycles. The van der Waals surface area contributed by atoms with Crippen molar-refractivity contribution in [2.45, 2.75) is 38.3 Å². The van der Waals surface area contributed by atoms with Crippen LogP contribution in [0.25, 0.3) is 16.8 Å². The molecule has 136 valence electrons. The van der Waals surface area contributed by atoms with Gasteiger partial charge in [0.15, 0.2) is 5.65 Å². The van der Waals surface area contributed by atoms with E-state index >= 15 is 0 Å². The van der Waals surface area contributed by atoms with E-state index in [2.05, 4.69) is 40.4 Å². The second-order valence-corrected chi connectivity index (χ2v) is 7.17. The fourth-order valence-corrected chi connectivity index (χ4v) is 3.67. The molecular formula is C21H26N4O. The summed E-state index contributed by atoms with van der Waals surface area (Å²) in [5.41, 5.74) is 4.30. The van der Waals surface area contributed by atoms with Crippen LogP contribution in [0, 0.1) is 0 Å². The van der Waals surface area contributed by atoms with Gasteiger partial charge in [-0.3, -0.25) is 0 Å². The molecule has 3 aromatic rings. The number of aromatic nitrogens is 3. The summed E-state index contributed by atoms with van der Waals surface area (Å²) < 4.78 is 7.59. The van der Waals surface area contributed by atoms with E-state index in [9.17, 15) is 0 Å². The molecule has 0 radical (unpaired) electrons. The summed E-state index contributed by atoms with van der Waals surface area (Å²) in [4.78, 5) is 7.01. The lowest BCUT2D eigenvalue weighted by Crippen LogP contribution is -2.20. The summed E-state index contributed by atoms with van der Waals surface area (Å²) in [6.07, 6.45) is 11.2. The minimum Gasteiger partial charge on any atom is -0.378 e. The molecule has 0 unspecified atom stereocenters. The smallest absolute Gasteiger partial charge is 0.162 e. The highest BCUT2D eigenvalue weighted by Crippen LogP contribution is 2.23. The molecule has 0 aliphatic carbocycles. The van der Waals surface area contributed by atoms with E-state index in [0.29, 0.717) is 6.10 Å². The molecule has 0 amide bonds. The molecule has 0 N–H and O–H groups in total. The minimum absolute atomic E-state index is 0.488. The van der Waals surface area contributed by atoms with Crippen LogP contribution in [0.5, 0.6) is 0 Å². The fourth-order valence-electron chi connectivity index (χ4n) is 3.67. The molecule has 1 atom stereocenters. The first kappa shape index (κ1) is 17.2. The maximum Gasteiger partial charge on any atom is 0.162 e. The van der Waals surface area contributed by atoms with Crippen molar-refractivity contribution < 1.29 is 4.74 Å². The van der Waals surface area contributed by atoms with E-state index < -0.39 is 0 Å². The molecular weight excluding hydrogens is 324 g/mol. The molecule has 1 aliphatic heterocycles. The Bertz CT molecular complexity index is 840. The number of hydrogen-bond donors (Lipinski definition) is 0. The highest BCUT2D eigenvalue weighted by atomic mass is 16.5. The Kier molecular flexibility index (Phi) is 5.27. The van der Waals surface area contributed by atoms with E-state index in [0.717, 1.165) is 36.5 Å². The van der Waals surface area contributed by atoms with Gasteiger partial charge in [-0.1, -0.05) is 30.3 Å². The van der Waals surface area contributed by atoms with Gasteiger partial charge in [0, 0.05) is 36.7 Å². The van der Waals surface area contributed by atoms with E-state index in [1.165, 1.54) is 31.2 Å². The van der Waals surface area contributed by atoms with Crippen LogP contribution in [0.4, 0.5) is 0 Å². The molecule has 1 aliphatic rings. The van der Waals surface area contributed by atoms with E-state index in [1.807, 2.05) is 35.1 Å². The largest absolute Gasteiger partial charge is 0.378 e. The quantitative estimate of drug-likeness (QED) is 0.650. The number of ether oxygens (including phenoxy) is 1. The predicted octanol–water partition coefficient (Wildman–Crippen LogP) is 3.79. The van der Waals surface area contributed by atoms with Gasteiger partial charge < -0.3 is 9.64 Å². The molecule has 5 heteroatoms. The molecule has 26 heavy (non-hydrogen) atoms. The monoisotopic (exact) mass is 350 g/mol. The Labute approximate surface area is 154 Å². The summed E-state index contributed by atoms with van der Waals surface area (Å²) >= 11 is 0. The van der Waals surface area contributed by atoms with Crippen LogP contribution >= 0.6 is 0 Å². The molecule has 1 saturated heterocycles. The van der Waals surface area contributed by atoms with Crippen LogP contribution < -0.4 is 0 Å². The van der Waals surface area contributed by atoms with Gasteiger partial charge in [0.2, 0.25) is 0 Å². The Morgan fingerprint density at radius 3 is 2.92 bits per heavy atom. The molecule has 1 fully saturated rings. The maximum atomic E-state index is 5.70. The Morgan fingerprint density at radius 2 is 2.12 bits per heavy atom. The Hall–Kier alpha value is -2.24. The van der Waals surface area contributed by atoms with Gasteiger partial charge in [0.25, 0.3) is 0 Å². The lowest BCUT2D eigenvalue weighted by molar-refractivity contribution is 0.0995. The third-order valence-electron chi connectivity index (χ3n) is 5.04. The van der Waals surface area contributed by atoms with Gasteiger partial charge >= 0.3 is 0 Å². The van der Waals surface area contributed by atoms with Gasteiger partial charge in [-0.25, -0.2) is 9.50 Å². The predicted molar refractivity (Wildman–Crippen MR) is 103 cm³/mol. The lowest BCUT2D eigenvalue weighted by Gasteiger charge is -2.17. The third-order valence-corrected chi connectivity index (χ3v) is 5.04. The SMILES string of the molecule is CN(CCC[C@@H]1CCCO1)Cc1cnc2c(-c3ccccc3)cnn2c1. The first-order valence-corrected chi connectivity index (χ1v) is 9.47. The maximum absolute atomic E-state index is 5.70. The summed E-state index contributed by atoms with van der Waals surface area (Å²) in [7, 11) is 2.16. The van der Waals surface area contributed by atoms with Gasteiger partial charge in [0.05, 0.1) is 12.3 Å². The zero-order chi connectivity index (χ0) is 17.8. The average molecular weight is 350 g/mol. The summed E-state index contributed by atoms with van der Waals surface area (Å²) in [6.45, 7) is 2.91. The summed E-state index contributed by atoms with van der Waals surface area (Å²) in [5, 5.41) is 4.50. The zero-order valence-electron chi connectivity index (χ0n) is 15.3. The molecule has 3 heterocycles. The molecule has 4 rings (SSSR count). The third kappa shape index (κ3) is 3.94. The van der Waals surface area contributed by atoms with Gasteiger partial charge in [-0.2, -0.15) is 5.10 Å². The minimum atomic E-state index is 0.488. The number of nitrogens with zero attached hydrogens (tertiary/aromatic N) is 4. The lowest BCUT2D eigenvalue weighted by atomic mass is 10.1. The summed E-state index contributed by atoms with van der Waals surface area (Å²) in [6, 6.07) is 10.3. The van der Waals surface area contributed by atoms with Crippen molar-refractivity contribution in [3.63, 3.8) is 0 Å². The highest BCUT2D eigenvalue weighted by molar-refractivity contribution is 5.76. The Balaban J connectivity index is 1.38. The number of hydrogen-bond acceptors (Lipinski definition) is 4. The molecule has 0 spiro atoms. The number of benzene rings is 1. The van der Waals surface area contributed by atoms with Gasteiger partial charge in [-0.15, -0.1) is 0 Å². The number of fused-ring (bicyclic) bond motifs is 1. The fraction of sp³-hybridized carbons (Fsp3) is 0.429. The first-order valence-electron chi connectivity index (χ1n) is 9.47. The van der Waals surface area contributed by atoms with Crippen molar-refractivity contribution in [2.24, 2.45) is 0 Å². The van der Waals surface area contributed by atoms with Crippen LogP contribution in [0.3, 0.4) is 0 Å². The first-order chi connectivity index (χ1) is 12.8. The standard InChI is InChI=1S/C21H26N4O/c1-24(11-5-9-19-10-6-12-26-19)15-17-13-22-21-20(14-23-25(21)16-17)18-7-3-2-4-8-18/h2-4,7-8,13-14,16,19H,5-6,9-12,15H2,1H3/t19-/m1/s1. The second kappa shape index (κ2) is 7.98. The second-order valence-electron chi connectivity index (χ2n) is 7.17. The average Bonchev–Trinajstić information content (AvgIpc) is 3.32. The molecule has 5 nitrogen and oxygen atoms in total. The van der Waals surface area contributed by atoms with Crippen molar-refractivity contribution in [2.75, 3.05) is 20.2 Å². The van der Waals surface area contributed by atoms with Crippen molar-refractivity contribution in [1.82, 2.24) is 19.5 Å². The normalized spacial score (nSPS) is 17.4. The van der Waals surface area contributed by atoms with Gasteiger partial charge in [0.1, 0.15) is 0 Å². The van der Waals surface area contributed by atoms with Crippen molar-refractivity contribution in [3.05, 3.63) is 54.5 Å². The van der Waals surface area contributed by atoms with Crippen molar-refractivity contribution in [3.8, 4) is 11.1 Å². The molecule has 0 bridgehead atoms. The molecule has 1 aromatic carbocycles. The topological polar surface area (TPSA) is 42.7 Å². The summed E-state index contributed by atoms with van der Waals surface area (Å²) in [5.74, 6) is 0. The van der Waals surface area contributed by atoms with Crippen LogP contribution in [-0.4, -0.2) is 45.8 Å². The van der Waals surface area contributed by atoms with E-state index in [-0.39, 0.29) is 0 Å². The van der Waals surface area contributed by atoms with Crippen LogP contribution in [0.2, 0.25) is 0 Å². The van der Waals surface area contributed by atoms with Crippen LogP contribution in [-0.2, 0) is 11.3 Å². The molecule has 0 saturated carbocycles. The van der Waals surface area contributed by atoms with E-state index in [1.54, 1.807) is 0 Å². The van der Waals surface area contributed by atoms with Crippen LogP contribution in [0.15, 0.2) is 48.9 Å². The van der Waals surface area contributed by atoms with Crippen molar-refractivity contribution >= 4 is 5.65 Å². The van der Waals surface area contributed by atoms with Crippen LogP contribution in [0.1, 0.15) is 31.2 Å². The number of rotatable bonds is 7. The van der Waals surface area contributed by atoms with E-state index in [4.69, 9.17) is 4.74 Å². The van der Waals surface area contributed by atoms with Crippen molar-refractivity contribution in [1.29, 1.82) is 0 Å². The Morgan fingerprint density at radius 1 is 1.23 bits per heavy atom. The highest BCUT2D eigenvalue weighted by Gasteiger charge is 2.15.